The van der Waals surface area contributed by atoms with E-state index >= 15 is 0 Å². The quantitative estimate of drug-likeness (QED) is 0.887. The Morgan fingerprint density at radius 1 is 1.56 bits per heavy atom. The van der Waals surface area contributed by atoms with E-state index in [1.54, 1.807) is 0 Å². The minimum atomic E-state index is 0.169. The van der Waals surface area contributed by atoms with Crippen LogP contribution in [0.1, 0.15) is 30.8 Å². The lowest BCUT2D eigenvalue weighted by Crippen LogP contribution is -2.41. The first kappa shape index (κ1) is 13.1. The number of likely N-dealkylation sites (tertiary alicyclic amines) is 1. The zero-order valence-electron chi connectivity index (χ0n) is 10.9. The fourth-order valence-corrected chi connectivity index (χ4v) is 2.45. The lowest BCUT2D eigenvalue weighted by atomic mass is 9.98. The van der Waals surface area contributed by atoms with Gasteiger partial charge in [-0.1, -0.05) is 0 Å². The molecule has 1 fully saturated rings. The molecule has 2 rings (SSSR count). The molecule has 100 valence electrons. The summed E-state index contributed by atoms with van der Waals surface area (Å²) in [5.74, 6) is 2.18. The second kappa shape index (κ2) is 6.05. The minimum Gasteiger partial charge on any atom is -0.466 e. The fraction of sp³-hybridized carbons (Fsp3) is 0.643. The molecule has 1 aliphatic heterocycles. The number of aliphatic hydroxyl groups excluding tert-OH is 1. The van der Waals surface area contributed by atoms with E-state index in [2.05, 4.69) is 0 Å². The highest BCUT2D eigenvalue weighted by Gasteiger charge is 2.22. The molecule has 1 N–H and O–H groups in total. The molecule has 1 aromatic heterocycles. The number of carbonyl (C=O) groups excluding carboxylic acids is 1. The van der Waals surface area contributed by atoms with Crippen LogP contribution in [0.2, 0.25) is 0 Å². The first-order valence-corrected chi connectivity index (χ1v) is 6.63. The normalized spacial score (nSPS) is 20.1. The average molecular weight is 251 g/mol. The van der Waals surface area contributed by atoms with Crippen molar-refractivity contribution in [3.8, 4) is 0 Å². The largest absolute Gasteiger partial charge is 0.466 e. The number of hydrogen-bond donors (Lipinski definition) is 1. The number of rotatable bonds is 4. The molecule has 4 heteroatoms. The zero-order chi connectivity index (χ0) is 13.0. The Kier molecular flexibility index (Phi) is 4.42. The number of nitrogens with zero attached hydrogens (tertiary/aromatic N) is 1. The smallest absolute Gasteiger partial charge is 0.223 e. The molecule has 1 saturated heterocycles. The third-order valence-electron chi connectivity index (χ3n) is 3.51. The van der Waals surface area contributed by atoms with Crippen molar-refractivity contribution in [2.75, 3.05) is 19.7 Å². The number of amides is 1. The van der Waals surface area contributed by atoms with Crippen molar-refractivity contribution in [2.24, 2.45) is 5.92 Å². The van der Waals surface area contributed by atoms with Gasteiger partial charge < -0.3 is 14.4 Å². The molecule has 0 aliphatic carbocycles. The molecule has 0 spiro atoms. The van der Waals surface area contributed by atoms with Crippen molar-refractivity contribution in [3.63, 3.8) is 0 Å². The summed E-state index contributed by atoms with van der Waals surface area (Å²) >= 11 is 0. The summed E-state index contributed by atoms with van der Waals surface area (Å²) in [6, 6.07) is 3.85. The van der Waals surface area contributed by atoms with Crippen LogP contribution in [0.15, 0.2) is 16.5 Å². The van der Waals surface area contributed by atoms with Gasteiger partial charge in [-0.15, -0.1) is 0 Å². The van der Waals surface area contributed by atoms with Crippen LogP contribution < -0.4 is 0 Å². The Bertz CT molecular complexity index is 399. The SMILES string of the molecule is Cc1ccc(CCC(=O)N2CCCC(CO)C2)o1. The van der Waals surface area contributed by atoms with Crippen LogP contribution in [-0.2, 0) is 11.2 Å². The molecule has 0 saturated carbocycles. The summed E-state index contributed by atoms with van der Waals surface area (Å²) in [6.07, 6.45) is 3.17. The third kappa shape index (κ3) is 3.35. The van der Waals surface area contributed by atoms with Crippen LogP contribution in [0.3, 0.4) is 0 Å². The second-order valence-electron chi connectivity index (χ2n) is 5.04. The van der Waals surface area contributed by atoms with Crippen molar-refractivity contribution in [3.05, 3.63) is 23.7 Å². The van der Waals surface area contributed by atoms with E-state index in [1.807, 2.05) is 24.0 Å². The van der Waals surface area contributed by atoms with Gasteiger partial charge in [-0.05, 0) is 37.8 Å². The highest BCUT2D eigenvalue weighted by molar-refractivity contribution is 5.76. The maximum absolute atomic E-state index is 12.0. The highest BCUT2D eigenvalue weighted by Crippen LogP contribution is 2.17. The molecular formula is C14H21NO3. The van der Waals surface area contributed by atoms with Crippen LogP contribution in [0.4, 0.5) is 0 Å². The molecule has 4 nitrogen and oxygen atoms in total. The Balaban J connectivity index is 1.80. The molecule has 18 heavy (non-hydrogen) atoms. The zero-order valence-corrected chi connectivity index (χ0v) is 10.9. The lowest BCUT2D eigenvalue weighted by Gasteiger charge is -2.31. The Morgan fingerprint density at radius 3 is 3.06 bits per heavy atom. The predicted octanol–water partition coefficient (Wildman–Crippen LogP) is 1.75. The van der Waals surface area contributed by atoms with E-state index in [9.17, 15) is 4.79 Å². The van der Waals surface area contributed by atoms with Gasteiger partial charge in [-0.2, -0.15) is 0 Å². The minimum absolute atomic E-state index is 0.169. The second-order valence-corrected chi connectivity index (χ2v) is 5.04. The summed E-state index contributed by atoms with van der Waals surface area (Å²) in [5, 5.41) is 9.15. The summed E-state index contributed by atoms with van der Waals surface area (Å²) in [7, 11) is 0. The van der Waals surface area contributed by atoms with Crippen LogP contribution in [0.25, 0.3) is 0 Å². The fourth-order valence-electron chi connectivity index (χ4n) is 2.45. The highest BCUT2D eigenvalue weighted by atomic mass is 16.3. The topological polar surface area (TPSA) is 53.7 Å². The maximum Gasteiger partial charge on any atom is 0.223 e. The van der Waals surface area contributed by atoms with E-state index in [-0.39, 0.29) is 18.4 Å². The van der Waals surface area contributed by atoms with Gasteiger partial charge in [0.05, 0.1) is 0 Å². The van der Waals surface area contributed by atoms with Crippen molar-refractivity contribution < 1.29 is 14.3 Å². The first-order valence-electron chi connectivity index (χ1n) is 6.63. The van der Waals surface area contributed by atoms with E-state index in [0.29, 0.717) is 19.4 Å². The summed E-state index contributed by atoms with van der Waals surface area (Å²) in [5.41, 5.74) is 0. The van der Waals surface area contributed by atoms with Crippen molar-refractivity contribution >= 4 is 5.91 Å². The first-order chi connectivity index (χ1) is 8.69. The third-order valence-corrected chi connectivity index (χ3v) is 3.51. The standard InChI is InChI=1S/C14H21NO3/c1-11-4-5-13(18-11)6-7-14(17)15-8-2-3-12(9-15)10-16/h4-5,12,16H,2-3,6-10H2,1H3. The average Bonchev–Trinajstić information content (AvgIpc) is 2.82. The van der Waals surface area contributed by atoms with Gasteiger partial charge in [0, 0.05) is 32.5 Å². The molecule has 1 aromatic rings. The van der Waals surface area contributed by atoms with Crippen molar-refractivity contribution in [2.45, 2.75) is 32.6 Å². The molecular weight excluding hydrogens is 230 g/mol. The molecule has 0 bridgehead atoms. The van der Waals surface area contributed by atoms with Crippen LogP contribution in [-0.4, -0.2) is 35.6 Å². The maximum atomic E-state index is 12.0. The van der Waals surface area contributed by atoms with Crippen molar-refractivity contribution in [1.82, 2.24) is 4.90 Å². The number of piperidine rings is 1. The number of hydrogen-bond acceptors (Lipinski definition) is 3. The number of carbonyl (C=O) groups is 1. The van der Waals surface area contributed by atoms with E-state index in [0.717, 1.165) is 30.9 Å². The monoisotopic (exact) mass is 251 g/mol. The summed E-state index contributed by atoms with van der Waals surface area (Å²) in [6.45, 7) is 3.61. The van der Waals surface area contributed by atoms with Crippen LogP contribution in [0, 0.1) is 12.8 Å². The molecule has 0 radical (unpaired) electrons. The number of aliphatic hydroxyl groups is 1. The van der Waals surface area contributed by atoms with Gasteiger partial charge in [0.1, 0.15) is 11.5 Å². The van der Waals surface area contributed by atoms with E-state index in [4.69, 9.17) is 9.52 Å². The van der Waals surface area contributed by atoms with Gasteiger partial charge in [-0.3, -0.25) is 4.79 Å². The molecule has 1 amide bonds. The van der Waals surface area contributed by atoms with E-state index < -0.39 is 0 Å². The van der Waals surface area contributed by atoms with Crippen molar-refractivity contribution in [1.29, 1.82) is 0 Å². The van der Waals surface area contributed by atoms with Gasteiger partial charge in [-0.25, -0.2) is 0 Å². The predicted molar refractivity (Wildman–Crippen MR) is 68.2 cm³/mol. The molecule has 1 unspecified atom stereocenters. The van der Waals surface area contributed by atoms with Gasteiger partial charge in [0.2, 0.25) is 5.91 Å². The van der Waals surface area contributed by atoms with Crippen LogP contribution >= 0.6 is 0 Å². The number of furan rings is 1. The van der Waals surface area contributed by atoms with Crippen LogP contribution in [0.5, 0.6) is 0 Å². The summed E-state index contributed by atoms with van der Waals surface area (Å²) in [4.78, 5) is 13.9. The van der Waals surface area contributed by atoms with Gasteiger partial charge in [0.25, 0.3) is 0 Å². The Labute approximate surface area is 108 Å². The number of aryl methyl sites for hydroxylation is 2. The molecule has 1 aliphatic rings. The Hall–Kier alpha value is -1.29. The summed E-state index contributed by atoms with van der Waals surface area (Å²) < 4.78 is 5.45. The Morgan fingerprint density at radius 2 is 2.39 bits per heavy atom. The van der Waals surface area contributed by atoms with E-state index in [1.165, 1.54) is 0 Å². The molecule has 2 heterocycles. The lowest BCUT2D eigenvalue weighted by molar-refractivity contribution is -0.133. The van der Waals surface area contributed by atoms with Gasteiger partial charge >= 0.3 is 0 Å². The van der Waals surface area contributed by atoms with Gasteiger partial charge in [0.15, 0.2) is 0 Å². The molecule has 0 aromatic carbocycles. The molecule has 1 atom stereocenters.